The highest BCUT2D eigenvalue weighted by molar-refractivity contribution is 6.35. The van der Waals surface area contributed by atoms with Crippen molar-refractivity contribution in [3.05, 3.63) is 87.9 Å². The predicted molar refractivity (Wildman–Crippen MR) is 123 cm³/mol. The smallest absolute Gasteiger partial charge is 0.310 e. The van der Waals surface area contributed by atoms with E-state index in [4.69, 9.17) is 32.7 Å². The molecule has 3 aromatic rings. The summed E-state index contributed by atoms with van der Waals surface area (Å²) in [6.45, 7) is 2.10. The van der Waals surface area contributed by atoms with E-state index in [0.717, 1.165) is 0 Å². The van der Waals surface area contributed by atoms with Crippen LogP contribution in [0.5, 0.6) is 5.75 Å². The number of rotatable bonds is 9. The zero-order valence-electron chi connectivity index (χ0n) is 16.9. The molecule has 0 heterocycles. The van der Waals surface area contributed by atoms with Gasteiger partial charge in [0.2, 0.25) is 0 Å². The van der Waals surface area contributed by atoms with Gasteiger partial charge in [-0.25, -0.2) is 0 Å². The molecule has 0 aliphatic carbocycles. The summed E-state index contributed by atoms with van der Waals surface area (Å²) in [5, 5.41) is 4.23. The number of hydrogen-bond acceptors (Lipinski definition) is 5. The minimum atomic E-state index is -0.509. The van der Waals surface area contributed by atoms with Crippen molar-refractivity contribution in [3.63, 3.8) is 0 Å². The average Bonchev–Trinajstić information content (AvgIpc) is 2.76. The second-order valence-corrected chi connectivity index (χ2v) is 7.47. The van der Waals surface area contributed by atoms with Gasteiger partial charge in [-0.15, -0.1) is 0 Å². The molecule has 0 aliphatic heterocycles. The number of halogens is 2. The Kier molecular flexibility index (Phi) is 7.93. The Morgan fingerprint density at radius 3 is 2.42 bits per heavy atom. The first-order chi connectivity index (χ1) is 15.0. The van der Waals surface area contributed by atoms with E-state index in [1.807, 2.05) is 25.1 Å². The third kappa shape index (κ3) is 6.48. The van der Waals surface area contributed by atoms with E-state index >= 15 is 0 Å². The molecule has 160 valence electrons. The number of carbonyl (C=O) groups excluding carboxylic acids is 2. The number of ether oxygens (including phenoxy) is 2. The van der Waals surface area contributed by atoms with Gasteiger partial charge in [0.15, 0.2) is 12.4 Å². The molecule has 0 atom stereocenters. The molecule has 7 heteroatoms. The number of benzene rings is 3. The van der Waals surface area contributed by atoms with E-state index in [0.29, 0.717) is 44.9 Å². The lowest BCUT2D eigenvalue weighted by atomic mass is 10.1. The molecule has 1 N–H and O–H groups in total. The number of carbonyl (C=O) groups is 2. The summed E-state index contributed by atoms with van der Waals surface area (Å²) >= 11 is 12.3. The topological polar surface area (TPSA) is 64.6 Å². The molecule has 0 bridgehead atoms. The van der Waals surface area contributed by atoms with Gasteiger partial charge >= 0.3 is 5.97 Å². The van der Waals surface area contributed by atoms with Gasteiger partial charge in [-0.2, -0.15) is 0 Å². The van der Waals surface area contributed by atoms with Gasteiger partial charge in [0.05, 0.1) is 23.7 Å². The fourth-order valence-electron chi connectivity index (χ4n) is 2.87. The average molecular weight is 458 g/mol. The summed E-state index contributed by atoms with van der Waals surface area (Å²) < 4.78 is 10.5. The van der Waals surface area contributed by atoms with Crippen molar-refractivity contribution in [3.8, 4) is 5.75 Å². The van der Waals surface area contributed by atoms with Gasteiger partial charge in [0.1, 0.15) is 5.75 Å². The summed E-state index contributed by atoms with van der Waals surface area (Å²) in [6, 6.07) is 19.1. The number of ketones is 1. The van der Waals surface area contributed by atoms with Gasteiger partial charge in [-0.3, -0.25) is 9.59 Å². The van der Waals surface area contributed by atoms with Crippen LogP contribution in [0, 0.1) is 0 Å². The first kappa shape index (κ1) is 22.7. The van der Waals surface area contributed by atoms with Gasteiger partial charge in [-0.05, 0) is 61.0 Å². The van der Waals surface area contributed by atoms with Gasteiger partial charge in [0, 0.05) is 16.3 Å². The van der Waals surface area contributed by atoms with Crippen molar-refractivity contribution in [2.45, 2.75) is 13.3 Å². The lowest BCUT2D eigenvalue weighted by Gasteiger charge is -2.13. The van der Waals surface area contributed by atoms with Gasteiger partial charge in [0.25, 0.3) is 0 Å². The van der Waals surface area contributed by atoms with Crippen LogP contribution in [0.15, 0.2) is 66.7 Å². The molecule has 31 heavy (non-hydrogen) atoms. The second kappa shape index (κ2) is 10.8. The Morgan fingerprint density at radius 2 is 1.68 bits per heavy atom. The van der Waals surface area contributed by atoms with Crippen molar-refractivity contribution in [2.75, 3.05) is 18.5 Å². The number of nitrogens with one attached hydrogen (secondary N) is 1. The van der Waals surface area contributed by atoms with Crippen LogP contribution in [0.3, 0.4) is 0 Å². The van der Waals surface area contributed by atoms with E-state index in [1.165, 1.54) is 0 Å². The molecule has 5 nitrogen and oxygen atoms in total. The molecule has 0 aliphatic rings. The monoisotopic (exact) mass is 457 g/mol. The minimum absolute atomic E-state index is 0.00207. The highest BCUT2D eigenvalue weighted by Gasteiger charge is 2.13. The highest BCUT2D eigenvalue weighted by Crippen LogP contribution is 2.30. The van der Waals surface area contributed by atoms with Crippen molar-refractivity contribution in [1.29, 1.82) is 0 Å². The zero-order chi connectivity index (χ0) is 22.2. The summed E-state index contributed by atoms with van der Waals surface area (Å²) in [6.07, 6.45) is -0.00207. The molecular formula is C24H21Cl2NO4. The highest BCUT2D eigenvalue weighted by atomic mass is 35.5. The number of Topliss-reactive ketones (excluding diaryl/α,β-unsaturated/α-hetero) is 1. The van der Waals surface area contributed by atoms with Crippen LogP contribution in [0.4, 0.5) is 11.4 Å². The first-order valence-electron chi connectivity index (χ1n) is 9.68. The molecule has 3 rings (SSSR count). The first-order valence-corrected chi connectivity index (χ1v) is 10.4. The number of para-hydroxylation sites is 1. The third-order valence-electron chi connectivity index (χ3n) is 4.40. The van der Waals surface area contributed by atoms with Crippen LogP contribution in [-0.4, -0.2) is 25.0 Å². The fourth-order valence-corrected chi connectivity index (χ4v) is 3.21. The lowest BCUT2D eigenvalue weighted by Crippen LogP contribution is -2.16. The second-order valence-electron chi connectivity index (χ2n) is 6.62. The SMILES string of the molecule is CCOc1ccc(C(=O)COC(=O)Cc2ccccc2Nc2cc(Cl)ccc2Cl)cc1. The fraction of sp³-hybridized carbons (Fsp3) is 0.167. The predicted octanol–water partition coefficient (Wildman–Crippen LogP) is 6.10. The molecule has 0 fully saturated rings. The van der Waals surface area contributed by atoms with E-state index < -0.39 is 5.97 Å². The quantitative estimate of drug-likeness (QED) is 0.310. The molecule has 0 unspecified atom stereocenters. The van der Waals surface area contributed by atoms with Crippen LogP contribution in [0.25, 0.3) is 0 Å². The van der Waals surface area contributed by atoms with Crippen molar-refractivity contribution in [2.24, 2.45) is 0 Å². The minimum Gasteiger partial charge on any atom is -0.494 e. The normalized spacial score (nSPS) is 10.4. The van der Waals surface area contributed by atoms with E-state index in [9.17, 15) is 9.59 Å². The summed E-state index contributed by atoms with van der Waals surface area (Å²) in [4.78, 5) is 24.6. The Morgan fingerprint density at radius 1 is 0.935 bits per heavy atom. The summed E-state index contributed by atoms with van der Waals surface area (Å²) in [5.74, 6) is -0.112. The number of anilines is 2. The molecular weight excluding hydrogens is 437 g/mol. The Labute approximate surface area is 190 Å². The Bertz CT molecular complexity index is 1070. The van der Waals surface area contributed by atoms with Crippen LogP contribution in [0.1, 0.15) is 22.8 Å². The summed E-state index contributed by atoms with van der Waals surface area (Å²) in [7, 11) is 0. The van der Waals surface area contributed by atoms with E-state index in [-0.39, 0.29) is 18.8 Å². The van der Waals surface area contributed by atoms with Crippen LogP contribution in [0.2, 0.25) is 10.0 Å². The number of hydrogen-bond donors (Lipinski definition) is 1. The zero-order valence-corrected chi connectivity index (χ0v) is 18.4. The maximum atomic E-state index is 12.3. The molecule has 0 spiro atoms. The maximum Gasteiger partial charge on any atom is 0.310 e. The van der Waals surface area contributed by atoms with Crippen LogP contribution in [-0.2, 0) is 16.0 Å². The standard InChI is InChI=1S/C24H21Cl2NO4/c1-2-30-19-10-7-16(8-11-19)23(28)15-31-24(29)13-17-5-3-4-6-21(17)27-22-14-18(25)9-12-20(22)26/h3-12,14,27H,2,13,15H2,1H3. The van der Waals surface area contributed by atoms with Gasteiger partial charge in [-0.1, -0.05) is 41.4 Å². The van der Waals surface area contributed by atoms with Crippen molar-refractivity contribution >= 4 is 46.3 Å². The Balaban J connectivity index is 1.60. The van der Waals surface area contributed by atoms with Crippen molar-refractivity contribution in [1.82, 2.24) is 0 Å². The maximum absolute atomic E-state index is 12.3. The van der Waals surface area contributed by atoms with E-state index in [1.54, 1.807) is 48.5 Å². The molecule has 0 saturated heterocycles. The van der Waals surface area contributed by atoms with Crippen LogP contribution >= 0.6 is 23.2 Å². The number of esters is 1. The van der Waals surface area contributed by atoms with E-state index in [2.05, 4.69) is 5.32 Å². The lowest BCUT2D eigenvalue weighted by molar-refractivity contribution is -0.141. The molecule has 0 radical (unpaired) electrons. The molecule has 0 aromatic heterocycles. The Hall–Kier alpha value is -3.02. The van der Waals surface area contributed by atoms with Crippen LogP contribution < -0.4 is 10.1 Å². The third-order valence-corrected chi connectivity index (χ3v) is 4.97. The molecule has 3 aromatic carbocycles. The largest absolute Gasteiger partial charge is 0.494 e. The van der Waals surface area contributed by atoms with Crippen molar-refractivity contribution < 1.29 is 19.1 Å². The molecule has 0 amide bonds. The molecule has 0 saturated carbocycles. The van der Waals surface area contributed by atoms with Gasteiger partial charge < -0.3 is 14.8 Å². The summed E-state index contributed by atoms with van der Waals surface area (Å²) in [5.41, 5.74) is 2.48.